The Morgan fingerprint density at radius 3 is 2.90 bits per heavy atom. The predicted molar refractivity (Wildman–Crippen MR) is 83.0 cm³/mol. The van der Waals surface area contributed by atoms with E-state index in [1.807, 2.05) is 38.1 Å². The molecule has 2 aromatic heterocycles. The maximum Gasteiger partial charge on any atom is 0.258 e. The van der Waals surface area contributed by atoms with E-state index < -0.39 is 0 Å². The van der Waals surface area contributed by atoms with Crippen LogP contribution >= 0.6 is 11.5 Å². The molecule has 0 aliphatic heterocycles. The van der Waals surface area contributed by atoms with Crippen molar-refractivity contribution in [2.45, 2.75) is 19.9 Å². The molecular formula is C15H15N3OS. The molecule has 102 valence electrons. The molecule has 4 nitrogen and oxygen atoms in total. The van der Waals surface area contributed by atoms with Crippen LogP contribution in [0.1, 0.15) is 24.1 Å². The summed E-state index contributed by atoms with van der Waals surface area (Å²) in [5, 5.41) is 0.644. The number of H-pyrrole nitrogens is 1. The molecule has 20 heavy (non-hydrogen) atoms. The highest BCUT2D eigenvalue weighted by Crippen LogP contribution is 2.33. The monoisotopic (exact) mass is 285 g/mol. The summed E-state index contributed by atoms with van der Waals surface area (Å²) < 4.78 is 5.37. The molecule has 0 saturated heterocycles. The molecule has 0 amide bonds. The maximum atomic E-state index is 12.1. The van der Waals surface area contributed by atoms with E-state index in [9.17, 15) is 4.79 Å². The van der Waals surface area contributed by atoms with Crippen LogP contribution in [-0.4, -0.2) is 9.36 Å². The van der Waals surface area contributed by atoms with Gasteiger partial charge in [0.25, 0.3) is 5.56 Å². The lowest BCUT2D eigenvalue weighted by molar-refractivity contribution is 0.819. The van der Waals surface area contributed by atoms with E-state index in [0.29, 0.717) is 5.39 Å². The molecular weight excluding hydrogens is 270 g/mol. The van der Waals surface area contributed by atoms with Gasteiger partial charge in [0, 0.05) is 17.8 Å². The van der Waals surface area contributed by atoms with Crippen molar-refractivity contribution in [3.8, 4) is 11.3 Å². The molecule has 0 radical (unpaired) electrons. The summed E-state index contributed by atoms with van der Waals surface area (Å²) >= 11 is 1.34. The second-order valence-electron chi connectivity index (χ2n) is 4.96. The predicted octanol–water partition coefficient (Wildman–Crippen LogP) is 2.98. The minimum atomic E-state index is -0.108. The van der Waals surface area contributed by atoms with E-state index in [1.54, 1.807) is 6.20 Å². The van der Waals surface area contributed by atoms with Crippen LogP contribution < -0.4 is 11.3 Å². The van der Waals surface area contributed by atoms with Crippen LogP contribution in [0.5, 0.6) is 0 Å². The summed E-state index contributed by atoms with van der Waals surface area (Å²) in [6.07, 6.45) is 1.65. The number of nitrogens with zero attached hydrogens (tertiary/aromatic N) is 1. The summed E-state index contributed by atoms with van der Waals surface area (Å²) in [6, 6.07) is 7.85. The van der Waals surface area contributed by atoms with Crippen LogP contribution in [-0.2, 0) is 0 Å². The number of rotatable bonds is 2. The molecule has 0 aliphatic carbocycles. The first kappa shape index (κ1) is 13.0. The normalized spacial score (nSPS) is 12.8. The molecule has 0 spiro atoms. The Morgan fingerprint density at radius 2 is 2.15 bits per heavy atom. The summed E-state index contributed by atoms with van der Waals surface area (Å²) in [7, 11) is 0. The Morgan fingerprint density at radius 1 is 1.35 bits per heavy atom. The van der Waals surface area contributed by atoms with Gasteiger partial charge in [0.05, 0.1) is 15.8 Å². The first-order valence-electron chi connectivity index (χ1n) is 6.41. The van der Waals surface area contributed by atoms with E-state index in [-0.39, 0.29) is 11.6 Å². The van der Waals surface area contributed by atoms with Crippen molar-refractivity contribution in [2.24, 2.45) is 5.73 Å². The third kappa shape index (κ3) is 2.05. The molecule has 0 saturated carbocycles. The first-order valence-corrected chi connectivity index (χ1v) is 7.19. The lowest BCUT2D eigenvalue weighted by Gasteiger charge is -2.12. The van der Waals surface area contributed by atoms with E-state index in [4.69, 9.17) is 5.73 Å². The summed E-state index contributed by atoms with van der Waals surface area (Å²) in [4.78, 5) is 14.8. The third-order valence-electron chi connectivity index (χ3n) is 3.35. The fourth-order valence-electron chi connectivity index (χ4n) is 2.36. The van der Waals surface area contributed by atoms with Crippen LogP contribution in [0.3, 0.4) is 0 Å². The topological polar surface area (TPSA) is 71.8 Å². The number of aromatic nitrogens is 2. The first-order chi connectivity index (χ1) is 9.58. The van der Waals surface area contributed by atoms with Crippen LogP contribution in [0.15, 0.2) is 35.3 Å². The van der Waals surface area contributed by atoms with Gasteiger partial charge in [-0.1, -0.05) is 17.7 Å². The van der Waals surface area contributed by atoms with Crippen LogP contribution in [0.4, 0.5) is 0 Å². The number of benzene rings is 1. The van der Waals surface area contributed by atoms with Crippen molar-refractivity contribution in [1.29, 1.82) is 0 Å². The number of hydrogen-bond acceptors (Lipinski definition) is 4. The number of nitrogens with one attached hydrogen (secondary N) is 1. The van der Waals surface area contributed by atoms with Crippen molar-refractivity contribution >= 4 is 21.6 Å². The zero-order chi connectivity index (χ0) is 14.3. The lowest BCUT2D eigenvalue weighted by atomic mass is 9.96. The molecule has 1 atom stereocenters. The van der Waals surface area contributed by atoms with Crippen LogP contribution in [0.2, 0.25) is 0 Å². The van der Waals surface area contributed by atoms with E-state index in [2.05, 4.69) is 9.36 Å². The maximum absolute atomic E-state index is 12.1. The molecule has 1 aromatic carbocycles. The quantitative estimate of drug-likeness (QED) is 0.760. The highest BCUT2D eigenvalue weighted by molar-refractivity contribution is 7.13. The fraction of sp³-hybridized carbons (Fsp3) is 0.200. The van der Waals surface area contributed by atoms with Crippen molar-refractivity contribution < 1.29 is 0 Å². The number of pyridine rings is 1. The van der Waals surface area contributed by atoms with Gasteiger partial charge in [-0.05, 0) is 43.1 Å². The van der Waals surface area contributed by atoms with Gasteiger partial charge in [-0.15, -0.1) is 0 Å². The highest BCUT2D eigenvalue weighted by atomic mass is 32.1. The summed E-state index contributed by atoms with van der Waals surface area (Å²) in [5.41, 5.74) is 9.74. The number of fused-ring (bicyclic) bond motifs is 1. The molecule has 3 rings (SSSR count). The zero-order valence-electron chi connectivity index (χ0n) is 11.3. The zero-order valence-corrected chi connectivity index (χ0v) is 12.1. The molecule has 1 unspecified atom stereocenters. The Balaban J connectivity index is 2.37. The fourth-order valence-corrected chi connectivity index (χ4v) is 3.15. The minimum absolute atomic E-state index is 0.106. The Labute approximate surface area is 120 Å². The molecule has 0 bridgehead atoms. The van der Waals surface area contributed by atoms with Gasteiger partial charge < -0.3 is 10.7 Å². The molecule has 3 aromatic rings. The second-order valence-corrected chi connectivity index (χ2v) is 5.76. The summed E-state index contributed by atoms with van der Waals surface area (Å²) in [6.45, 7) is 3.96. The molecule has 5 heteroatoms. The Bertz CT molecular complexity index is 832. The van der Waals surface area contributed by atoms with Crippen molar-refractivity contribution in [3.05, 3.63) is 51.9 Å². The van der Waals surface area contributed by atoms with Gasteiger partial charge in [0.2, 0.25) is 0 Å². The van der Waals surface area contributed by atoms with Gasteiger partial charge in [-0.3, -0.25) is 4.79 Å². The molecule has 0 aliphatic rings. The van der Waals surface area contributed by atoms with Crippen LogP contribution in [0, 0.1) is 6.92 Å². The van der Waals surface area contributed by atoms with Crippen molar-refractivity contribution in [2.75, 3.05) is 0 Å². The van der Waals surface area contributed by atoms with Crippen LogP contribution in [0.25, 0.3) is 21.3 Å². The number of aryl methyl sites for hydroxylation is 1. The van der Waals surface area contributed by atoms with Gasteiger partial charge in [0.15, 0.2) is 0 Å². The molecule has 3 N–H and O–H groups in total. The smallest absolute Gasteiger partial charge is 0.258 e. The SMILES string of the molecule is Cc1ccc(C(C)N)c(-c2nsc3cc[nH]c(=O)c23)c1. The van der Waals surface area contributed by atoms with E-state index in [0.717, 1.165) is 27.1 Å². The van der Waals surface area contributed by atoms with Gasteiger partial charge >= 0.3 is 0 Å². The second kappa shape index (κ2) is 4.85. The van der Waals surface area contributed by atoms with Gasteiger partial charge in [-0.25, -0.2) is 0 Å². The average molecular weight is 285 g/mol. The standard InChI is InChI=1S/C15H15N3OS/c1-8-3-4-10(9(2)16)11(7-8)14-13-12(20-18-14)5-6-17-15(13)19/h3-7,9H,16H2,1-2H3,(H,17,19). The molecule has 0 fully saturated rings. The Hall–Kier alpha value is -1.98. The number of nitrogens with two attached hydrogens (primary N) is 1. The molecule has 2 heterocycles. The third-order valence-corrected chi connectivity index (χ3v) is 4.16. The van der Waals surface area contributed by atoms with Crippen molar-refractivity contribution in [1.82, 2.24) is 9.36 Å². The van der Waals surface area contributed by atoms with Crippen molar-refractivity contribution in [3.63, 3.8) is 0 Å². The van der Waals surface area contributed by atoms with Gasteiger partial charge in [0.1, 0.15) is 0 Å². The van der Waals surface area contributed by atoms with E-state index >= 15 is 0 Å². The number of hydrogen-bond donors (Lipinski definition) is 2. The number of aromatic amines is 1. The minimum Gasteiger partial charge on any atom is -0.328 e. The van der Waals surface area contributed by atoms with E-state index in [1.165, 1.54) is 11.5 Å². The summed E-state index contributed by atoms with van der Waals surface area (Å²) in [5.74, 6) is 0. The lowest BCUT2D eigenvalue weighted by Crippen LogP contribution is -2.08. The average Bonchev–Trinajstić information content (AvgIpc) is 2.83. The highest BCUT2D eigenvalue weighted by Gasteiger charge is 2.16. The van der Waals surface area contributed by atoms with Gasteiger partial charge in [-0.2, -0.15) is 4.37 Å². The Kier molecular flexibility index (Phi) is 3.16. The largest absolute Gasteiger partial charge is 0.328 e.